The Hall–Kier alpha value is -5.63. The number of amides is 1. The molecule has 8 heteroatoms. The van der Waals surface area contributed by atoms with E-state index in [4.69, 9.17) is 13.9 Å². The number of benzene rings is 4. The van der Waals surface area contributed by atoms with Crippen LogP contribution in [0.15, 0.2) is 120 Å². The van der Waals surface area contributed by atoms with E-state index < -0.39 is 6.09 Å². The Morgan fingerprint density at radius 2 is 1.49 bits per heavy atom. The van der Waals surface area contributed by atoms with Crippen molar-refractivity contribution in [2.75, 3.05) is 10.6 Å². The number of pyridine rings is 1. The van der Waals surface area contributed by atoms with Gasteiger partial charge in [0.05, 0.1) is 5.69 Å². The molecule has 0 bridgehead atoms. The minimum absolute atomic E-state index is 0.116. The van der Waals surface area contributed by atoms with Gasteiger partial charge in [0.25, 0.3) is 6.01 Å². The highest BCUT2D eigenvalue weighted by Crippen LogP contribution is 2.37. The molecule has 1 amide bonds. The number of carbonyl (C=O) groups excluding carboxylic acids is 1. The van der Waals surface area contributed by atoms with Crippen LogP contribution in [0, 0.1) is 0 Å². The number of aromatic nitrogens is 2. The third kappa shape index (κ3) is 6.33. The second-order valence-corrected chi connectivity index (χ2v) is 10.9. The second-order valence-electron chi connectivity index (χ2n) is 10.9. The molecule has 0 aliphatic carbocycles. The van der Waals surface area contributed by atoms with Crippen LogP contribution in [0.25, 0.3) is 22.2 Å². The molecule has 6 aromatic rings. The smallest absolute Gasteiger partial charge is 0.417 e. The van der Waals surface area contributed by atoms with Crippen molar-refractivity contribution in [3.8, 4) is 28.5 Å². The number of fused-ring (bicyclic) bond motifs is 1. The van der Waals surface area contributed by atoms with Gasteiger partial charge in [0.15, 0.2) is 5.58 Å². The standard InChI is InChI=1S/C35H30N4O4/c1-35(2,3)26-13-7-8-16-29(26)42-32-28(15-10-22-36-32)37-33-39-31-27(14-9-17-30(31)43-33)38-34(40)41-25-20-18-24(19-21-25)23-11-5-4-6-12-23/h4-22H,1-3H3,(H,37,39)(H,38,40). The molecule has 43 heavy (non-hydrogen) atoms. The zero-order valence-corrected chi connectivity index (χ0v) is 24.0. The Labute approximate surface area is 249 Å². The molecule has 0 spiro atoms. The molecule has 0 aliphatic rings. The lowest BCUT2D eigenvalue weighted by Gasteiger charge is -2.22. The molecule has 0 aliphatic heterocycles. The van der Waals surface area contributed by atoms with Crippen molar-refractivity contribution in [2.45, 2.75) is 26.2 Å². The van der Waals surface area contributed by atoms with Crippen molar-refractivity contribution in [1.29, 1.82) is 0 Å². The van der Waals surface area contributed by atoms with Crippen LogP contribution in [0.3, 0.4) is 0 Å². The van der Waals surface area contributed by atoms with Gasteiger partial charge in [-0.25, -0.2) is 9.78 Å². The lowest BCUT2D eigenvalue weighted by Crippen LogP contribution is -2.16. The highest BCUT2D eigenvalue weighted by atomic mass is 16.6. The Morgan fingerprint density at radius 1 is 0.767 bits per heavy atom. The molecule has 0 atom stereocenters. The van der Waals surface area contributed by atoms with E-state index in [9.17, 15) is 4.79 Å². The number of nitrogens with zero attached hydrogens (tertiary/aromatic N) is 2. The van der Waals surface area contributed by atoms with Crippen molar-refractivity contribution >= 4 is 34.6 Å². The average molecular weight is 571 g/mol. The van der Waals surface area contributed by atoms with Crippen LogP contribution in [-0.2, 0) is 5.41 Å². The number of oxazole rings is 1. The zero-order chi connectivity index (χ0) is 29.8. The van der Waals surface area contributed by atoms with Gasteiger partial charge in [0.1, 0.15) is 22.7 Å². The van der Waals surface area contributed by atoms with Crippen LogP contribution >= 0.6 is 0 Å². The van der Waals surface area contributed by atoms with E-state index in [-0.39, 0.29) is 11.4 Å². The summed E-state index contributed by atoms with van der Waals surface area (Å²) in [6.45, 7) is 6.40. The third-order valence-electron chi connectivity index (χ3n) is 6.74. The summed E-state index contributed by atoms with van der Waals surface area (Å²) in [5, 5.41) is 5.94. The SMILES string of the molecule is CC(C)(C)c1ccccc1Oc1ncccc1Nc1nc2c(NC(=O)Oc3ccc(-c4ccccc4)cc3)cccc2o1. The predicted octanol–water partition coefficient (Wildman–Crippen LogP) is 9.33. The van der Waals surface area contributed by atoms with E-state index in [1.807, 2.05) is 72.8 Å². The van der Waals surface area contributed by atoms with Gasteiger partial charge in [-0.3, -0.25) is 5.32 Å². The van der Waals surface area contributed by atoms with Crippen molar-refractivity contribution in [2.24, 2.45) is 0 Å². The number of rotatable bonds is 7. The van der Waals surface area contributed by atoms with Gasteiger partial charge in [-0.05, 0) is 59.0 Å². The highest BCUT2D eigenvalue weighted by Gasteiger charge is 2.20. The molecule has 0 fully saturated rings. The van der Waals surface area contributed by atoms with Gasteiger partial charge >= 0.3 is 6.09 Å². The number of hydrogen-bond acceptors (Lipinski definition) is 7. The fraction of sp³-hybridized carbons (Fsp3) is 0.114. The lowest BCUT2D eigenvalue weighted by atomic mass is 9.86. The summed E-state index contributed by atoms with van der Waals surface area (Å²) in [4.78, 5) is 21.8. The number of ether oxygens (including phenoxy) is 2. The summed E-state index contributed by atoms with van der Waals surface area (Å²) in [6, 6.07) is 34.3. The summed E-state index contributed by atoms with van der Waals surface area (Å²) in [5.41, 5.74) is 5.02. The lowest BCUT2D eigenvalue weighted by molar-refractivity contribution is 0.215. The van der Waals surface area contributed by atoms with Gasteiger partial charge in [0.2, 0.25) is 5.88 Å². The minimum Gasteiger partial charge on any atom is -0.437 e. The van der Waals surface area contributed by atoms with Crippen LogP contribution < -0.4 is 20.1 Å². The first kappa shape index (κ1) is 27.5. The van der Waals surface area contributed by atoms with Gasteiger partial charge in [-0.2, -0.15) is 4.98 Å². The molecule has 8 nitrogen and oxygen atoms in total. The van der Waals surface area contributed by atoms with Crippen molar-refractivity contribution in [3.05, 3.63) is 121 Å². The maximum absolute atomic E-state index is 12.8. The summed E-state index contributed by atoms with van der Waals surface area (Å²) >= 11 is 0. The fourth-order valence-corrected chi connectivity index (χ4v) is 4.65. The van der Waals surface area contributed by atoms with Crippen LogP contribution in [0.5, 0.6) is 17.4 Å². The number of carbonyl (C=O) groups is 1. The number of anilines is 3. The maximum Gasteiger partial charge on any atom is 0.417 e. The van der Waals surface area contributed by atoms with E-state index in [1.54, 1.807) is 42.6 Å². The van der Waals surface area contributed by atoms with E-state index >= 15 is 0 Å². The Bertz CT molecular complexity index is 1880. The van der Waals surface area contributed by atoms with Crippen molar-refractivity contribution in [1.82, 2.24) is 9.97 Å². The molecule has 214 valence electrons. The molecule has 4 aromatic carbocycles. The summed E-state index contributed by atoms with van der Waals surface area (Å²) in [7, 11) is 0. The number of para-hydroxylation sites is 2. The molecule has 0 unspecified atom stereocenters. The van der Waals surface area contributed by atoms with Crippen LogP contribution in [0.1, 0.15) is 26.3 Å². The molecule has 2 aromatic heterocycles. The molecule has 0 saturated heterocycles. The molecule has 2 heterocycles. The van der Waals surface area contributed by atoms with Gasteiger partial charge in [-0.15, -0.1) is 0 Å². The first-order chi connectivity index (χ1) is 20.8. The number of nitrogens with one attached hydrogen (secondary N) is 2. The minimum atomic E-state index is -0.641. The van der Waals surface area contributed by atoms with Crippen LogP contribution in [-0.4, -0.2) is 16.1 Å². The summed E-state index contributed by atoms with van der Waals surface area (Å²) in [6.07, 6.45) is 1.02. The van der Waals surface area contributed by atoms with E-state index in [0.29, 0.717) is 39.9 Å². The first-order valence-corrected chi connectivity index (χ1v) is 13.9. The van der Waals surface area contributed by atoms with Crippen LogP contribution in [0.2, 0.25) is 0 Å². The molecule has 6 rings (SSSR count). The van der Waals surface area contributed by atoms with Gasteiger partial charge in [-0.1, -0.05) is 87.5 Å². The van der Waals surface area contributed by atoms with Crippen molar-refractivity contribution < 1.29 is 18.7 Å². The second kappa shape index (κ2) is 11.7. The Balaban J connectivity index is 1.18. The Kier molecular flexibility index (Phi) is 7.49. The molecular weight excluding hydrogens is 540 g/mol. The summed E-state index contributed by atoms with van der Waals surface area (Å²) in [5.74, 6) is 1.51. The predicted molar refractivity (Wildman–Crippen MR) is 168 cm³/mol. The normalized spacial score (nSPS) is 11.2. The number of hydrogen-bond donors (Lipinski definition) is 2. The van der Waals surface area contributed by atoms with E-state index in [0.717, 1.165) is 16.7 Å². The zero-order valence-electron chi connectivity index (χ0n) is 24.0. The van der Waals surface area contributed by atoms with Gasteiger partial charge in [0, 0.05) is 11.8 Å². The molecular formula is C35H30N4O4. The largest absolute Gasteiger partial charge is 0.437 e. The topological polar surface area (TPSA) is 98.5 Å². The molecule has 0 radical (unpaired) electrons. The summed E-state index contributed by atoms with van der Waals surface area (Å²) < 4.78 is 17.7. The van der Waals surface area contributed by atoms with Gasteiger partial charge < -0.3 is 19.2 Å². The fourth-order valence-electron chi connectivity index (χ4n) is 4.65. The Morgan fingerprint density at radius 3 is 2.28 bits per heavy atom. The average Bonchev–Trinajstić information content (AvgIpc) is 3.42. The molecule has 2 N–H and O–H groups in total. The molecule has 0 saturated carbocycles. The van der Waals surface area contributed by atoms with E-state index in [1.165, 1.54) is 0 Å². The monoisotopic (exact) mass is 570 g/mol. The van der Waals surface area contributed by atoms with E-state index in [2.05, 4.69) is 41.4 Å². The maximum atomic E-state index is 12.8. The highest BCUT2D eigenvalue weighted by molar-refractivity contribution is 5.97. The first-order valence-electron chi connectivity index (χ1n) is 13.9. The third-order valence-corrected chi connectivity index (χ3v) is 6.74. The van der Waals surface area contributed by atoms with Crippen molar-refractivity contribution in [3.63, 3.8) is 0 Å². The quantitative estimate of drug-likeness (QED) is 0.197. The van der Waals surface area contributed by atoms with Crippen LogP contribution in [0.4, 0.5) is 22.2 Å².